The number of nitrogens with two attached hydrogens (primary N) is 1. The number of rotatable bonds is 4. The van der Waals surface area contributed by atoms with E-state index < -0.39 is 0 Å². The van der Waals surface area contributed by atoms with Gasteiger partial charge >= 0.3 is 0 Å². The smallest absolute Gasteiger partial charge is 0.224 e. The van der Waals surface area contributed by atoms with Gasteiger partial charge < -0.3 is 11.1 Å². The Morgan fingerprint density at radius 3 is 2.61 bits per heavy atom. The van der Waals surface area contributed by atoms with Crippen LogP contribution < -0.4 is 11.1 Å². The number of pyridine rings is 1. The number of carbonyl (C=O) groups is 1. The standard InChI is InChI=1S/C12H17Cl2N3O/c1-7-6-8(13)16-11(14)10(7)17-9(18)4-5-12(2,3)15/h6H,4-5,15H2,1-3H3,(H,17,18). The Morgan fingerprint density at radius 2 is 2.11 bits per heavy atom. The molecule has 0 fully saturated rings. The molecule has 0 radical (unpaired) electrons. The Bertz CT molecular complexity index is 432. The second-order valence-electron chi connectivity index (χ2n) is 4.96. The van der Waals surface area contributed by atoms with Crippen molar-refractivity contribution in [3.05, 3.63) is 21.9 Å². The van der Waals surface area contributed by atoms with Crippen molar-refractivity contribution < 1.29 is 4.79 Å². The van der Waals surface area contributed by atoms with Crippen LogP contribution in [0.3, 0.4) is 0 Å². The summed E-state index contributed by atoms with van der Waals surface area (Å²) in [6.45, 7) is 5.56. The fraction of sp³-hybridized carbons (Fsp3) is 0.500. The van der Waals surface area contributed by atoms with E-state index in [2.05, 4.69) is 10.3 Å². The summed E-state index contributed by atoms with van der Waals surface area (Å²) in [5.74, 6) is -0.136. The molecule has 0 aliphatic heterocycles. The number of nitrogens with zero attached hydrogens (tertiary/aromatic N) is 1. The molecule has 0 bridgehead atoms. The average molecular weight is 290 g/mol. The minimum Gasteiger partial charge on any atom is -0.326 e. The van der Waals surface area contributed by atoms with E-state index in [0.717, 1.165) is 5.56 Å². The number of aromatic nitrogens is 1. The van der Waals surface area contributed by atoms with Crippen LogP contribution in [0.5, 0.6) is 0 Å². The third-order valence-electron chi connectivity index (χ3n) is 2.40. The Morgan fingerprint density at radius 1 is 1.50 bits per heavy atom. The third kappa shape index (κ3) is 4.80. The molecule has 1 aromatic rings. The molecule has 4 nitrogen and oxygen atoms in total. The number of aryl methyl sites for hydroxylation is 1. The molecule has 1 aromatic heterocycles. The van der Waals surface area contributed by atoms with Gasteiger partial charge in [0.15, 0.2) is 5.15 Å². The second-order valence-corrected chi connectivity index (χ2v) is 5.71. The molecule has 1 heterocycles. The molecule has 0 saturated carbocycles. The zero-order valence-corrected chi connectivity index (χ0v) is 12.2. The first-order valence-electron chi connectivity index (χ1n) is 5.60. The Balaban J connectivity index is 2.71. The van der Waals surface area contributed by atoms with Crippen molar-refractivity contribution in [2.24, 2.45) is 5.73 Å². The summed E-state index contributed by atoms with van der Waals surface area (Å²) in [6.07, 6.45) is 0.929. The second kappa shape index (κ2) is 5.87. The van der Waals surface area contributed by atoms with Crippen molar-refractivity contribution in [2.75, 3.05) is 5.32 Å². The lowest BCUT2D eigenvalue weighted by atomic mass is 10.00. The molecule has 1 rings (SSSR count). The zero-order chi connectivity index (χ0) is 13.9. The fourth-order valence-electron chi connectivity index (χ4n) is 1.38. The van der Waals surface area contributed by atoms with Gasteiger partial charge in [-0.2, -0.15) is 0 Å². The van der Waals surface area contributed by atoms with Gasteiger partial charge in [-0.3, -0.25) is 4.79 Å². The highest BCUT2D eigenvalue weighted by Gasteiger charge is 2.15. The molecule has 0 aliphatic rings. The van der Waals surface area contributed by atoms with Crippen LogP contribution in [-0.4, -0.2) is 16.4 Å². The minimum atomic E-state index is -0.367. The summed E-state index contributed by atoms with van der Waals surface area (Å²) < 4.78 is 0. The quantitative estimate of drug-likeness (QED) is 0.837. The molecular formula is C12H17Cl2N3O. The van der Waals surface area contributed by atoms with Gasteiger partial charge in [0.2, 0.25) is 5.91 Å². The van der Waals surface area contributed by atoms with Gasteiger partial charge in [0, 0.05) is 12.0 Å². The summed E-state index contributed by atoms with van der Waals surface area (Å²) in [5.41, 5.74) is 6.73. The number of amides is 1. The van der Waals surface area contributed by atoms with Gasteiger partial charge in [-0.1, -0.05) is 23.2 Å². The molecule has 0 aliphatic carbocycles. The van der Waals surface area contributed by atoms with E-state index in [0.29, 0.717) is 23.7 Å². The molecule has 0 unspecified atom stereocenters. The normalized spacial score (nSPS) is 11.4. The zero-order valence-electron chi connectivity index (χ0n) is 10.7. The summed E-state index contributed by atoms with van der Waals surface area (Å²) in [4.78, 5) is 15.7. The number of carbonyl (C=O) groups excluding carboxylic acids is 1. The number of nitrogens with one attached hydrogen (secondary N) is 1. The maximum Gasteiger partial charge on any atom is 0.224 e. The summed E-state index contributed by atoms with van der Waals surface area (Å²) >= 11 is 11.7. The van der Waals surface area contributed by atoms with Gasteiger partial charge in [-0.15, -0.1) is 0 Å². The monoisotopic (exact) mass is 289 g/mol. The summed E-state index contributed by atoms with van der Waals surface area (Å²) in [5, 5.41) is 3.23. The van der Waals surface area contributed by atoms with Gasteiger partial charge in [0.1, 0.15) is 5.15 Å². The predicted octanol–water partition coefficient (Wildman–Crippen LogP) is 3.15. The Labute approximate surface area is 117 Å². The number of halogens is 2. The predicted molar refractivity (Wildman–Crippen MR) is 75.1 cm³/mol. The highest BCUT2D eigenvalue weighted by molar-refractivity contribution is 6.34. The average Bonchev–Trinajstić information content (AvgIpc) is 2.19. The van der Waals surface area contributed by atoms with E-state index in [4.69, 9.17) is 28.9 Å². The SMILES string of the molecule is Cc1cc(Cl)nc(Cl)c1NC(=O)CCC(C)(C)N. The van der Waals surface area contributed by atoms with E-state index in [9.17, 15) is 4.79 Å². The first-order chi connectivity index (χ1) is 8.19. The third-order valence-corrected chi connectivity index (χ3v) is 2.87. The first kappa shape index (κ1) is 15.2. The minimum absolute atomic E-state index is 0.136. The van der Waals surface area contributed by atoms with Crippen LogP contribution in [0.25, 0.3) is 0 Å². The van der Waals surface area contributed by atoms with Crippen LogP contribution in [0, 0.1) is 6.92 Å². The molecule has 18 heavy (non-hydrogen) atoms. The van der Waals surface area contributed by atoms with E-state index in [1.807, 2.05) is 20.8 Å². The Hall–Kier alpha value is -0.840. The van der Waals surface area contributed by atoms with Crippen LogP contribution >= 0.6 is 23.2 Å². The molecule has 3 N–H and O–H groups in total. The van der Waals surface area contributed by atoms with Gasteiger partial charge in [-0.25, -0.2) is 4.98 Å². The van der Waals surface area contributed by atoms with E-state index in [1.165, 1.54) is 0 Å². The topological polar surface area (TPSA) is 68.0 Å². The lowest BCUT2D eigenvalue weighted by Gasteiger charge is -2.18. The fourth-order valence-corrected chi connectivity index (χ4v) is 1.96. The van der Waals surface area contributed by atoms with Crippen LogP contribution in [0.4, 0.5) is 5.69 Å². The Kier molecular flexibility index (Phi) is 4.96. The lowest BCUT2D eigenvalue weighted by molar-refractivity contribution is -0.116. The number of hydrogen-bond donors (Lipinski definition) is 2. The van der Waals surface area contributed by atoms with Crippen molar-refractivity contribution >= 4 is 34.8 Å². The van der Waals surface area contributed by atoms with Crippen molar-refractivity contribution in [1.29, 1.82) is 0 Å². The van der Waals surface area contributed by atoms with Crippen LogP contribution in [0.2, 0.25) is 10.3 Å². The first-order valence-corrected chi connectivity index (χ1v) is 6.36. The molecule has 0 atom stereocenters. The molecule has 0 saturated heterocycles. The van der Waals surface area contributed by atoms with E-state index in [-0.39, 0.29) is 16.6 Å². The van der Waals surface area contributed by atoms with Crippen molar-refractivity contribution in [1.82, 2.24) is 4.98 Å². The van der Waals surface area contributed by atoms with E-state index >= 15 is 0 Å². The largest absolute Gasteiger partial charge is 0.326 e. The van der Waals surface area contributed by atoms with Crippen LogP contribution in [0.15, 0.2) is 6.07 Å². The maximum atomic E-state index is 11.8. The van der Waals surface area contributed by atoms with Gasteiger partial charge in [0.05, 0.1) is 5.69 Å². The van der Waals surface area contributed by atoms with Crippen molar-refractivity contribution in [3.8, 4) is 0 Å². The molecule has 0 spiro atoms. The van der Waals surface area contributed by atoms with E-state index in [1.54, 1.807) is 6.07 Å². The maximum absolute atomic E-state index is 11.8. The molecular weight excluding hydrogens is 273 g/mol. The van der Waals surface area contributed by atoms with Gasteiger partial charge in [-0.05, 0) is 38.8 Å². The van der Waals surface area contributed by atoms with Gasteiger partial charge in [0.25, 0.3) is 0 Å². The highest BCUT2D eigenvalue weighted by Crippen LogP contribution is 2.26. The molecule has 1 amide bonds. The van der Waals surface area contributed by atoms with Crippen molar-refractivity contribution in [2.45, 2.75) is 39.2 Å². The van der Waals surface area contributed by atoms with Crippen LogP contribution in [-0.2, 0) is 4.79 Å². The highest BCUT2D eigenvalue weighted by atomic mass is 35.5. The number of hydrogen-bond acceptors (Lipinski definition) is 3. The molecule has 6 heteroatoms. The summed E-state index contributed by atoms with van der Waals surface area (Å²) in [6, 6.07) is 1.65. The van der Waals surface area contributed by atoms with Crippen molar-refractivity contribution in [3.63, 3.8) is 0 Å². The lowest BCUT2D eigenvalue weighted by Crippen LogP contribution is -2.33. The molecule has 0 aromatic carbocycles. The number of anilines is 1. The summed E-state index contributed by atoms with van der Waals surface area (Å²) in [7, 11) is 0. The van der Waals surface area contributed by atoms with Crippen LogP contribution in [0.1, 0.15) is 32.3 Å². The molecule has 100 valence electrons.